The van der Waals surface area contributed by atoms with Crippen LogP contribution in [0.4, 0.5) is 34.1 Å². The Balaban J connectivity index is 0.920. The molecule has 0 radical (unpaired) electrons. The zero-order valence-corrected chi connectivity index (χ0v) is 46.1. The third-order valence-electron chi connectivity index (χ3n) is 19.8. The number of benzene rings is 12. The zero-order valence-electron chi connectivity index (χ0n) is 46.1. The van der Waals surface area contributed by atoms with Gasteiger partial charge in [0.25, 0.3) is 0 Å². The first-order chi connectivity index (χ1) is 39.0. The monoisotopic (exact) mass is 1020 g/mol. The van der Waals surface area contributed by atoms with Crippen molar-refractivity contribution in [3.8, 4) is 44.5 Å². The van der Waals surface area contributed by atoms with E-state index in [1.165, 1.54) is 111 Å². The Morgan fingerprint density at radius 1 is 0.225 bits per heavy atom. The minimum Gasteiger partial charge on any atom is -0.310 e. The summed E-state index contributed by atoms with van der Waals surface area (Å²) in [4.78, 5) is 5.08. The molecule has 4 aliphatic carbocycles. The van der Waals surface area contributed by atoms with Crippen molar-refractivity contribution in [2.75, 3.05) is 9.80 Å². The molecule has 12 aromatic carbocycles. The molecule has 12 aromatic rings. The molecular weight excluding hydrogens is 965 g/mol. The van der Waals surface area contributed by atoms with Crippen molar-refractivity contribution in [2.45, 2.75) is 63.2 Å². The van der Waals surface area contributed by atoms with Gasteiger partial charge in [0.1, 0.15) is 0 Å². The maximum absolute atomic E-state index is 2.56. The SMILES string of the molecule is CC1(C)c2ccccc2-c2ccc(N(c3ccc4c(c3)C(C)(C3(C)c5ccccc5-c5ccc(N(c6ccc7c(c6)C(C)(C)c6ccccc6-7)c6cccc7ccccc67)cc53)c3ccccc3-4)c3cccc4ccccc34)cc21. The van der Waals surface area contributed by atoms with Crippen LogP contribution in [0.25, 0.3) is 66.1 Å². The summed E-state index contributed by atoms with van der Waals surface area (Å²) in [6, 6.07) is 96.9. The van der Waals surface area contributed by atoms with Gasteiger partial charge >= 0.3 is 0 Å². The van der Waals surface area contributed by atoms with Crippen LogP contribution in [0, 0.1) is 0 Å². The van der Waals surface area contributed by atoms with E-state index >= 15 is 0 Å². The highest BCUT2D eigenvalue weighted by atomic mass is 15.2. The van der Waals surface area contributed by atoms with Crippen molar-refractivity contribution in [1.82, 2.24) is 0 Å². The Labute approximate surface area is 469 Å². The predicted octanol–water partition coefficient (Wildman–Crippen LogP) is 20.8. The molecule has 2 heteroatoms. The molecule has 0 spiro atoms. The lowest BCUT2D eigenvalue weighted by molar-refractivity contribution is 0.376. The molecule has 0 aliphatic heterocycles. The lowest BCUT2D eigenvalue weighted by atomic mass is 9.56. The van der Waals surface area contributed by atoms with E-state index in [4.69, 9.17) is 0 Å². The summed E-state index contributed by atoms with van der Waals surface area (Å²) in [5.41, 5.74) is 26.8. The molecule has 0 heterocycles. The lowest BCUT2D eigenvalue weighted by Crippen LogP contribution is -2.44. The highest BCUT2D eigenvalue weighted by molar-refractivity contribution is 6.02. The molecule has 382 valence electrons. The molecule has 16 rings (SSSR count). The molecule has 80 heavy (non-hydrogen) atoms. The molecule has 0 aromatic heterocycles. The molecule has 0 saturated carbocycles. The first kappa shape index (κ1) is 46.8. The van der Waals surface area contributed by atoms with Gasteiger partial charge in [0.2, 0.25) is 0 Å². The van der Waals surface area contributed by atoms with Gasteiger partial charge in [-0.05, 0) is 160 Å². The summed E-state index contributed by atoms with van der Waals surface area (Å²) >= 11 is 0. The summed E-state index contributed by atoms with van der Waals surface area (Å²) in [5, 5.41) is 4.87. The zero-order chi connectivity index (χ0) is 53.9. The van der Waals surface area contributed by atoms with E-state index in [1.54, 1.807) is 0 Å². The number of fused-ring (bicyclic) bond motifs is 14. The van der Waals surface area contributed by atoms with Gasteiger partial charge in [0.15, 0.2) is 0 Å². The van der Waals surface area contributed by atoms with Gasteiger partial charge in [-0.25, -0.2) is 0 Å². The number of anilines is 6. The molecule has 2 atom stereocenters. The summed E-state index contributed by atoms with van der Waals surface area (Å²) in [5.74, 6) is 0. The number of hydrogen-bond acceptors (Lipinski definition) is 2. The van der Waals surface area contributed by atoms with E-state index in [2.05, 4.69) is 306 Å². The van der Waals surface area contributed by atoms with E-state index in [9.17, 15) is 0 Å². The van der Waals surface area contributed by atoms with Gasteiger partial charge in [-0.2, -0.15) is 0 Å². The molecule has 0 N–H and O–H groups in total. The number of hydrogen-bond donors (Lipinski definition) is 0. The molecule has 2 nitrogen and oxygen atoms in total. The van der Waals surface area contributed by atoms with E-state index in [1.807, 2.05) is 0 Å². The van der Waals surface area contributed by atoms with Gasteiger partial charge in [-0.3, -0.25) is 0 Å². The van der Waals surface area contributed by atoms with Crippen molar-refractivity contribution in [1.29, 1.82) is 0 Å². The average molecular weight is 1030 g/mol. The van der Waals surface area contributed by atoms with Crippen molar-refractivity contribution < 1.29 is 0 Å². The molecule has 4 aliphatic rings. The van der Waals surface area contributed by atoms with Crippen LogP contribution in [0.2, 0.25) is 0 Å². The van der Waals surface area contributed by atoms with Gasteiger partial charge < -0.3 is 9.80 Å². The lowest BCUT2D eigenvalue weighted by Gasteiger charge is -2.45. The Morgan fingerprint density at radius 3 is 0.887 bits per heavy atom. The molecule has 0 bridgehead atoms. The van der Waals surface area contributed by atoms with Crippen LogP contribution in [-0.2, 0) is 21.7 Å². The van der Waals surface area contributed by atoms with Crippen LogP contribution < -0.4 is 9.80 Å². The van der Waals surface area contributed by atoms with Crippen molar-refractivity contribution in [3.63, 3.8) is 0 Å². The van der Waals surface area contributed by atoms with E-state index in [0.717, 1.165) is 34.1 Å². The van der Waals surface area contributed by atoms with E-state index in [-0.39, 0.29) is 10.8 Å². The Kier molecular flexibility index (Phi) is 9.74. The fraction of sp³-hybridized carbons (Fsp3) is 0.128. The molecule has 2 unspecified atom stereocenters. The maximum Gasteiger partial charge on any atom is 0.0540 e. The molecule has 0 saturated heterocycles. The number of nitrogens with zero attached hydrogens (tertiary/aromatic N) is 2. The standard InChI is InChI=1S/C78H60N2/c1-75(2)65-31-15-11-27-57(65)61-41-37-51(45-69(61)75)79(73-35-19-23-49-21-7-9-25-55(49)73)53-39-43-63-59-29-13-17-33-67(59)77(5,71(63)47-53)78(6)68-34-18-14-30-60(68)64-44-40-54(48-72(64)78)80(74-36-20-24-50-22-8-10-26-56(50)74)52-38-42-62-58-28-12-16-32-66(58)76(3,4)70(62)46-52/h7-48H,1-6H3. The molecular formula is C78H60N2. The van der Waals surface area contributed by atoms with Crippen LogP contribution in [0.5, 0.6) is 0 Å². The Bertz CT molecular complexity index is 4310. The van der Waals surface area contributed by atoms with Gasteiger partial charge in [0, 0.05) is 55.2 Å². The first-order valence-corrected chi connectivity index (χ1v) is 28.5. The maximum atomic E-state index is 2.56. The summed E-state index contributed by atoms with van der Waals surface area (Å²) in [7, 11) is 0. The highest BCUT2D eigenvalue weighted by Crippen LogP contribution is 2.66. The summed E-state index contributed by atoms with van der Waals surface area (Å²) in [6.45, 7) is 14.7. The topological polar surface area (TPSA) is 6.48 Å². The molecule has 0 fully saturated rings. The fourth-order valence-corrected chi connectivity index (χ4v) is 15.6. The minimum absolute atomic E-state index is 0.159. The Hall–Kier alpha value is -9.24. The summed E-state index contributed by atoms with van der Waals surface area (Å²) < 4.78 is 0. The third-order valence-corrected chi connectivity index (χ3v) is 19.8. The second kappa shape index (κ2) is 16.6. The number of rotatable bonds is 7. The third kappa shape index (κ3) is 6.19. The van der Waals surface area contributed by atoms with Crippen molar-refractivity contribution >= 4 is 55.7 Å². The normalized spacial score (nSPS) is 17.9. The Morgan fingerprint density at radius 2 is 0.500 bits per heavy atom. The fourth-order valence-electron chi connectivity index (χ4n) is 15.6. The van der Waals surface area contributed by atoms with Gasteiger partial charge in [0.05, 0.1) is 11.4 Å². The minimum atomic E-state index is -0.533. The van der Waals surface area contributed by atoms with Crippen LogP contribution in [-0.4, -0.2) is 0 Å². The van der Waals surface area contributed by atoms with E-state index in [0.29, 0.717) is 0 Å². The average Bonchev–Trinajstić information content (AvgIpc) is 4.16. The highest BCUT2D eigenvalue weighted by Gasteiger charge is 2.58. The molecule has 0 amide bonds. The predicted molar refractivity (Wildman–Crippen MR) is 336 cm³/mol. The first-order valence-electron chi connectivity index (χ1n) is 28.5. The smallest absolute Gasteiger partial charge is 0.0540 e. The van der Waals surface area contributed by atoms with Crippen molar-refractivity contribution in [3.05, 3.63) is 299 Å². The van der Waals surface area contributed by atoms with Crippen molar-refractivity contribution in [2.24, 2.45) is 0 Å². The largest absolute Gasteiger partial charge is 0.310 e. The quantitative estimate of drug-likeness (QED) is 0.157. The van der Waals surface area contributed by atoms with Crippen LogP contribution in [0.1, 0.15) is 86.1 Å². The van der Waals surface area contributed by atoms with Gasteiger partial charge in [-0.15, -0.1) is 0 Å². The van der Waals surface area contributed by atoms with Crippen LogP contribution >= 0.6 is 0 Å². The van der Waals surface area contributed by atoms with E-state index < -0.39 is 10.8 Å². The van der Waals surface area contributed by atoms with Crippen LogP contribution in [0.3, 0.4) is 0 Å². The summed E-state index contributed by atoms with van der Waals surface area (Å²) in [6.07, 6.45) is 0. The van der Waals surface area contributed by atoms with Gasteiger partial charge in [-0.1, -0.05) is 236 Å². The second-order valence-corrected chi connectivity index (χ2v) is 24.3. The van der Waals surface area contributed by atoms with Crippen LogP contribution in [0.15, 0.2) is 255 Å². The second-order valence-electron chi connectivity index (χ2n) is 24.3.